The number of anilines is 1. The predicted octanol–water partition coefficient (Wildman–Crippen LogP) is 1.30. The number of halogens is 1. The molecule has 5 nitrogen and oxygen atoms in total. The van der Waals surface area contributed by atoms with E-state index in [1.54, 1.807) is 13.0 Å². The van der Waals surface area contributed by atoms with E-state index in [1.807, 2.05) is 0 Å². The minimum atomic E-state index is -1.04. The van der Waals surface area contributed by atoms with Crippen LogP contribution in [0.15, 0.2) is 22.7 Å². The SMILES string of the molecule is CC(CO)(CO)Nc1cc(Br)cc(C(=O)O)c1. The number of rotatable bonds is 5. The van der Waals surface area contributed by atoms with Crippen LogP contribution < -0.4 is 5.32 Å². The van der Waals surface area contributed by atoms with Crippen molar-refractivity contribution in [3.05, 3.63) is 28.2 Å². The summed E-state index contributed by atoms with van der Waals surface area (Å²) in [4.78, 5) is 10.9. The van der Waals surface area contributed by atoms with Crippen molar-refractivity contribution in [1.82, 2.24) is 0 Å². The smallest absolute Gasteiger partial charge is 0.335 e. The first-order valence-corrected chi connectivity index (χ1v) is 5.73. The third-order valence-corrected chi connectivity index (χ3v) is 2.75. The summed E-state index contributed by atoms with van der Waals surface area (Å²) >= 11 is 3.20. The molecule has 0 heterocycles. The molecule has 0 aromatic heterocycles. The Morgan fingerprint density at radius 2 is 1.94 bits per heavy atom. The Morgan fingerprint density at radius 1 is 1.35 bits per heavy atom. The highest BCUT2D eigenvalue weighted by Gasteiger charge is 2.22. The fraction of sp³-hybridized carbons (Fsp3) is 0.364. The van der Waals surface area contributed by atoms with Crippen molar-refractivity contribution >= 4 is 27.6 Å². The summed E-state index contributed by atoms with van der Waals surface area (Å²) in [5, 5.41) is 30.1. The summed E-state index contributed by atoms with van der Waals surface area (Å²) in [5.74, 6) is -1.04. The van der Waals surface area contributed by atoms with E-state index in [1.165, 1.54) is 12.1 Å². The van der Waals surface area contributed by atoms with Crippen molar-refractivity contribution in [2.24, 2.45) is 0 Å². The van der Waals surface area contributed by atoms with Gasteiger partial charge in [-0.15, -0.1) is 0 Å². The van der Waals surface area contributed by atoms with E-state index in [0.29, 0.717) is 10.2 Å². The van der Waals surface area contributed by atoms with Crippen LogP contribution in [0.2, 0.25) is 0 Å². The van der Waals surface area contributed by atoms with E-state index in [2.05, 4.69) is 21.2 Å². The summed E-state index contributed by atoms with van der Waals surface area (Å²) in [6.45, 7) is 1.10. The Balaban J connectivity index is 3.02. The van der Waals surface area contributed by atoms with Crippen molar-refractivity contribution in [2.45, 2.75) is 12.5 Å². The Kier molecular flexibility index (Phi) is 4.50. The largest absolute Gasteiger partial charge is 0.478 e. The predicted molar refractivity (Wildman–Crippen MR) is 67.3 cm³/mol. The third-order valence-electron chi connectivity index (χ3n) is 2.29. The molecule has 0 spiro atoms. The molecule has 6 heteroatoms. The molecule has 1 aromatic rings. The molecule has 1 aromatic carbocycles. The van der Waals surface area contributed by atoms with Crippen LogP contribution in [0.4, 0.5) is 5.69 Å². The number of carboxylic acids is 1. The second kappa shape index (κ2) is 5.48. The number of aliphatic hydroxyl groups excluding tert-OH is 2. The minimum absolute atomic E-state index is 0.125. The molecule has 4 N–H and O–H groups in total. The highest BCUT2D eigenvalue weighted by atomic mass is 79.9. The molecule has 0 atom stereocenters. The van der Waals surface area contributed by atoms with Gasteiger partial charge in [-0.1, -0.05) is 15.9 Å². The van der Waals surface area contributed by atoms with E-state index in [-0.39, 0.29) is 18.8 Å². The topological polar surface area (TPSA) is 89.8 Å². The van der Waals surface area contributed by atoms with Crippen LogP contribution in [0.3, 0.4) is 0 Å². The standard InChI is InChI=1S/C11H14BrNO4/c1-11(5-14,6-15)13-9-3-7(10(16)17)2-8(12)4-9/h2-4,13-15H,5-6H2,1H3,(H,16,17). The highest BCUT2D eigenvalue weighted by Crippen LogP contribution is 2.22. The zero-order chi connectivity index (χ0) is 13.1. The van der Waals surface area contributed by atoms with Crippen molar-refractivity contribution in [3.63, 3.8) is 0 Å². The van der Waals surface area contributed by atoms with Gasteiger partial charge < -0.3 is 20.6 Å². The quantitative estimate of drug-likeness (QED) is 0.658. The first-order chi connectivity index (χ1) is 7.90. The van der Waals surface area contributed by atoms with Gasteiger partial charge in [0.2, 0.25) is 0 Å². The maximum absolute atomic E-state index is 10.9. The van der Waals surface area contributed by atoms with E-state index >= 15 is 0 Å². The number of nitrogens with one attached hydrogen (secondary N) is 1. The highest BCUT2D eigenvalue weighted by molar-refractivity contribution is 9.10. The van der Waals surface area contributed by atoms with Crippen molar-refractivity contribution in [2.75, 3.05) is 18.5 Å². The number of aliphatic hydroxyl groups is 2. The maximum Gasteiger partial charge on any atom is 0.335 e. The average Bonchev–Trinajstić information content (AvgIpc) is 2.28. The van der Waals surface area contributed by atoms with Gasteiger partial charge in [-0.25, -0.2) is 4.79 Å². The summed E-state index contributed by atoms with van der Waals surface area (Å²) in [6, 6.07) is 4.59. The number of hydrogen-bond acceptors (Lipinski definition) is 4. The molecule has 94 valence electrons. The second-order valence-corrected chi connectivity index (χ2v) is 4.95. The first-order valence-electron chi connectivity index (χ1n) is 4.94. The van der Waals surface area contributed by atoms with Crippen molar-refractivity contribution in [3.8, 4) is 0 Å². The molecule has 0 saturated heterocycles. The molecule has 1 rings (SSSR count). The molecule has 0 radical (unpaired) electrons. The van der Waals surface area contributed by atoms with Crippen LogP contribution >= 0.6 is 15.9 Å². The zero-order valence-corrected chi connectivity index (χ0v) is 10.9. The van der Waals surface area contributed by atoms with Crippen LogP contribution in [0, 0.1) is 0 Å². The lowest BCUT2D eigenvalue weighted by Crippen LogP contribution is -2.42. The van der Waals surface area contributed by atoms with Gasteiger partial charge in [0.05, 0.1) is 24.3 Å². The van der Waals surface area contributed by atoms with Crippen LogP contribution in [0.5, 0.6) is 0 Å². The Hall–Kier alpha value is -1.11. The summed E-state index contributed by atoms with van der Waals surface area (Å²) in [7, 11) is 0. The maximum atomic E-state index is 10.9. The minimum Gasteiger partial charge on any atom is -0.478 e. The lowest BCUT2D eigenvalue weighted by Gasteiger charge is -2.27. The normalized spacial score (nSPS) is 11.3. The van der Waals surface area contributed by atoms with E-state index in [9.17, 15) is 4.79 Å². The number of carbonyl (C=O) groups is 1. The van der Waals surface area contributed by atoms with E-state index in [0.717, 1.165) is 0 Å². The van der Waals surface area contributed by atoms with Gasteiger partial charge in [0.15, 0.2) is 0 Å². The van der Waals surface area contributed by atoms with Crippen LogP contribution in [-0.2, 0) is 0 Å². The molecule has 0 fully saturated rings. The van der Waals surface area contributed by atoms with Gasteiger partial charge in [-0.2, -0.15) is 0 Å². The zero-order valence-electron chi connectivity index (χ0n) is 9.27. The Bertz CT molecular complexity index is 418. The Labute approximate surface area is 107 Å². The number of aromatic carboxylic acids is 1. The van der Waals surface area contributed by atoms with Gasteiger partial charge in [0, 0.05) is 10.2 Å². The lowest BCUT2D eigenvalue weighted by atomic mass is 10.0. The fourth-order valence-electron chi connectivity index (χ4n) is 1.26. The molecular weight excluding hydrogens is 290 g/mol. The monoisotopic (exact) mass is 303 g/mol. The summed E-state index contributed by atoms with van der Waals surface area (Å²) < 4.78 is 0.609. The van der Waals surface area contributed by atoms with E-state index < -0.39 is 11.5 Å². The van der Waals surface area contributed by atoms with Crippen LogP contribution in [-0.4, -0.2) is 40.0 Å². The van der Waals surface area contributed by atoms with Gasteiger partial charge in [-0.3, -0.25) is 0 Å². The number of carboxylic acid groups (broad SMARTS) is 1. The number of benzene rings is 1. The molecule has 0 aliphatic heterocycles. The van der Waals surface area contributed by atoms with Gasteiger partial charge >= 0.3 is 5.97 Å². The second-order valence-electron chi connectivity index (χ2n) is 4.04. The third kappa shape index (κ3) is 3.69. The molecule has 0 aliphatic carbocycles. The van der Waals surface area contributed by atoms with Crippen LogP contribution in [0.25, 0.3) is 0 Å². The summed E-state index contributed by atoms with van der Waals surface area (Å²) in [5.41, 5.74) is -0.251. The van der Waals surface area contributed by atoms with Gasteiger partial charge in [-0.05, 0) is 25.1 Å². The molecule has 0 bridgehead atoms. The fourth-order valence-corrected chi connectivity index (χ4v) is 1.76. The molecule has 0 amide bonds. The molecule has 0 aliphatic rings. The van der Waals surface area contributed by atoms with Gasteiger partial charge in [0.25, 0.3) is 0 Å². The number of hydrogen-bond donors (Lipinski definition) is 4. The summed E-state index contributed by atoms with van der Waals surface area (Å²) in [6.07, 6.45) is 0. The van der Waals surface area contributed by atoms with Gasteiger partial charge in [0.1, 0.15) is 0 Å². The molecule has 0 saturated carbocycles. The lowest BCUT2D eigenvalue weighted by molar-refractivity contribution is 0.0697. The molecule has 17 heavy (non-hydrogen) atoms. The van der Waals surface area contributed by atoms with E-state index in [4.69, 9.17) is 15.3 Å². The van der Waals surface area contributed by atoms with Crippen molar-refractivity contribution < 1.29 is 20.1 Å². The Morgan fingerprint density at radius 3 is 2.41 bits per heavy atom. The molecule has 0 unspecified atom stereocenters. The molecular formula is C11H14BrNO4. The van der Waals surface area contributed by atoms with Crippen LogP contribution in [0.1, 0.15) is 17.3 Å². The first kappa shape index (κ1) is 14.0. The average molecular weight is 304 g/mol. The van der Waals surface area contributed by atoms with Crippen molar-refractivity contribution in [1.29, 1.82) is 0 Å².